The summed E-state index contributed by atoms with van der Waals surface area (Å²) in [6, 6.07) is 13.8. The Balaban J connectivity index is 1.82. The lowest BCUT2D eigenvalue weighted by atomic mass is 10.1. The zero-order valence-electron chi connectivity index (χ0n) is 8.73. The van der Waals surface area contributed by atoms with Gasteiger partial charge in [0.15, 0.2) is 5.15 Å². The fraction of sp³-hybridized carbons (Fsp3) is 0.167. The summed E-state index contributed by atoms with van der Waals surface area (Å²) < 4.78 is 0. The second-order valence-electron chi connectivity index (χ2n) is 3.40. The summed E-state index contributed by atoms with van der Waals surface area (Å²) in [5.74, 6) is 0.750. The van der Waals surface area contributed by atoms with E-state index in [-0.39, 0.29) is 0 Å². The summed E-state index contributed by atoms with van der Waals surface area (Å²) >= 11 is 5.64. The van der Waals surface area contributed by atoms with E-state index >= 15 is 0 Å². The van der Waals surface area contributed by atoms with Crippen molar-refractivity contribution in [3.63, 3.8) is 0 Å². The Labute approximate surface area is 99.5 Å². The first-order valence-electron chi connectivity index (χ1n) is 5.11. The molecule has 0 spiro atoms. The van der Waals surface area contributed by atoms with Crippen LogP contribution in [-0.2, 0) is 6.42 Å². The zero-order valence-corrected chi connectivity index (χ0v) is 9.48. The van der Waals surface area contributed by atoms with Crippen LogP contribution in [0.2, 0.25) is 5.15 Å². The molecule has 0 saturated carbocycles. The SMILES string of the molecule is Clc1ccc(NCCc2ccccc2)nn1. The number of anilines is 1. The third-order valence-corrected chi connectivity index (χ3v) is 2.40. The van der Waals surface area contributed by atoms with Gasteiger partial charge >= 0.3 is 0 Å². The Bertz CT molecular complexity index is 428. The van der Waals surface area contributed by atoms with Crippen LogP contribution in [0.4, 0.5) is 5.82 Å². The second-order valence-corrected chi connectivity index (χ2v) is 3.79. The van der Waals surface area contributed by atoms with Crippen LogP contribution in [0.3, 0.4) is 0 Å². The van der Waals surface area contributed by atoms with Gasteiger partial charge in [0, 0.05) is 6.54 Å². The lowest BCUT2D eigenvalue weighted by Gasteiger charge is -2.04. The molecule has 1 heterocycles. The van der Waals surface area contributed by atoms with Gasteiger partial charge in [0.25, 0.3) is 0 Å². The van der Waals surface area contributed by atoms with Gasteiger partial charge in [0.1, 0.15) is 5.82 Å². The molecule has 1 aromatic heterocycles. The fourth-order valence-electron chi connectivity index (χ4n) is 1.39. The Kier molecular flexibility index (Phi) is 3.72. The van der Waals surface area contributed by atoms with Crippen LogP contribution in [0.1, 0.15) is 5.56 Å². The molecule has 1 aromatic carbocycles. The minimum atomic E-state index is 0.411. The van der Waals surface area contributed by atoms with E-state index in [9.17, 15) is 0 Å². The van der Waals surface area contributed by atoms with Gasteiger partial charge in [-0.05, 0) is 24.1 Å². The molecule has 0 bridgehead atoms. The molecule has 82 valence electrons. The molecule has 0 aliphatic rings. The molecule has 0 saturated heterocycles. The van der Waals surface area contributed by atoms with Gasteiger partial charge in [-0.15, -0.1) is 10.2 Å². The average molecular weight is 234 g/mol. The van der Waals surface area contributed by atoms with E-state index in [1.54, 1.807) is 6.07 Å². The second kappa shape index (κ2) is 5.47. The summed E-state index contributed by atoms with van der Waals surface area (Å²) in [7, 11) is 0. The Morgan fingerprint density at radius 1 is 1.00 bits per heavy atom. The van der Waals surface area contributed by atoms with E-state index in [0.717, 1.165) is 18.8 Å². The quantitative estimate of drug-likeness (QED) is 0.883. The zero-order chi connectivity index (χ0) is 11.2. The van der Waals surface area contributed by atoms with Gasteiger partial charge in [-0.2, -0.15) is 0 Å². The molecule has 0 unspecified atom stereocenters. The van der Waals surface area contributed by atoms with Gasteiger partial charge in [-0.25, -0.2) is 0 Å². The summed E-state index contributed by atoms with van der Waals surface area (Å²) in [6.45, 7) is 0.834. The van der Waals surface area contributed by atoms with Gasteiger partial charge in [0.05, 0.1) is 0 Å². The molecule has 0 radical (unpaired) electrons. The third-order valence-electron chi connectivity index (χ3n) is 2.19. The Morgan fingerprint density at radius 3 is 2.50 bits per heavy atom. The molecule has 0 atom stereocenters. The monoisotopic (exact) mass is 233 g/mol. The molecule has 2 rings (SSSR count). The highest BCUT2D eigenvalue weighted by atomic mass is 35.5. The van der Waals surface area contributed by atoms with Crippen molar-refractivity contribution >= 4 is 17.4 Å². The van der Waals surface area contributed by atoms with Crippen molar-refractivity contribution in [3.05, 3.63) is 53.2 Å². The van der Waals surface area contributed by atoms with Crippen LogP contribution in [0.5, 0.6) is 0 Å². The summed E-state index contributed by atoms with van der Waals surface area (Å²) in [5, 5.41) is 11.3. The average Bonchev–Trinajstić information content (AvgIpc) is 2.33. The van der Waals surface area contributed by atoms with Gasteiger partial charge in [-0.1, -0.05) is 41.9 Å². The maximum absolute atomic E-state index is 5.64. The van der Waals surface area contributed by atoms with Crippen LogP contribution >= 0.6 is 11.6 Å². The van der Waals surface area contributed by atoms with E-state index < -0.39 is 0 Å². The van der Waals surface area contributed by atoms with Crippen LogP contribution < -0.4 is 5.32 Å². The van der Waals surface area contributed by atoms with Crippen molar-refractivity contribution in [3.8, 4) is 0 Å². The Morgan fingerprint density at radius 2 is 1.81 bits per heavy atom. The van der Waals surface area contributed by atoms with Crippen LogP contribution in [0.15, 0.2) is 42.5 Å². The van der Waals surface area contributed by atoms with E-state index in [0.29, 0.717) is 5.15 Å². The smallest absolute Gasteiger partial charge is 0.151 e. The number of nitrogens with zero attached hydrogens (tertiary/aromatic N) is 2. The predicted octanol–water partition coefficient (Wildman–Crippen LogP) is 2.78. The maximum Gasteiger partial charge on any atom is 0.151 e. The van der Waals surface area contributed by atoms with Crippen LogP contribution in [0.25, 0.3) is 0 Å². The first-order valence-corrected chi connectivity index (χ1v) is 5.49. The first kappa shape index (κ1) is 10.9. The predicted molar refractivity (Wildman–Crippen MR) is 65.7 cm³/mol. The largest absolute Gasteiger partial charge is 0.368 e. The molecule has 0 aliphatic carbocycles. The van der Waals surface area contributed by atoms with E-state index in [2.05, 4.69) is 27.6 Å². The van der Waals surface area contributed by atoms with Crippen molar-refractivity contribution in [2.24, 2.45) is 0 Å². The van der Waals surface area contributed by atoms with E-state index in [4.69, 9.17) is 11.6 Å². The number of aromatic nitrogens is 2. The third kappa shape index (κ3) is 3.21. The van der Waals surface area contributed by atoms with Crippen LogP contribution in [-0.4, -0.2) is 16.7 Å². The highest BCUT2D eigenvalue weighted by Crippen LogP contribution is 2.06. The minimum absolute atomic E-state index is 0.411. The van der Waals surface area contributed by atoms with Gasteiger partial charge < -0.3 is 5.32 Å². The van der Waals surface area contributed by atoms with Crippen molar-refractivity contribution < 1.29 is 0 Å². The standard InChI is InChI=1S/C12H12ClN3/c13-11-6-7-12(16-15-11)14-9-8-10-4-2-1-3-5-10/h1-7H,8-9H2,(H,14,16). The number of halogens is 1. The summed E-state index contributed by atoms with van der Waals surface area (Å²) in [5.41, 5.74) is 1.30. The summed E-state index contributed by atoms with van der Waals surface area (Å²) in [6.07, 6.45) is 0.963. The normalized spacial score (nSPS) is 10.1. The number of nitrogens with one attached hydrogen (secondary N) is 1. The Hall–Kier alpha value is -1.61. The molecular formula is C12H12ClN3. The lowest BCUT2D eigenvalue weighted by molar-refractivity contribution is 0.967. The number of rotatable bonds is 4. The fourth-order valence-corrected chi connectivity index (χ4v) is 1.49. The first-order chi connectivity index (χ1) is 7.84. The van der Waals surface area contributed by atoms with E-state index in [1.807, 2.05) is 24.3 Å². The molecular weight excluding hydrogens is 222 g/mol. The molecule has 4 heteroatoms. The maximum atomic E-state index is 5.64. The molecule has 2 aromatic rings. The highest BCUT2D eigenvalue weighted by Gasteiger charge is 1.95. The van der Waals surface area contributed by atoms with E-state index in [1.165, 1.54) is 5.56 Å². The molecule has 3 nitrogen and oxygen atoms in total. The van der Waals surface area contributed by atoms with Crippen molar-refractivity contribution in [1.29, 1.82) is 0 Å². The molecule has 1 N–H and O–H groups in total. The lowest BCUT2D eigenvalue weighted by Crippen LogP contribution is -2.06. The molecule has 0 aliphatic heterocycles. The number of hydrogen-bond acceptors (Lipinski definition) is 3. The van der Waals surface area contributed by atoms with Crippen molar-refractivity contribution in [2.45, 2.75) is 6.42 Å². The highest BCUT2D eigenvalue weighted by molar-refractivity contribution is 6.29. The molecule has 16 heavy (non-hydrogen) atoms. The van der Waals surface area contributed by atoms with Gasteiger partial charge in [-0.3, -0.25) is 0 Å². The van der Waals surface area contributed by atoms with Gasteiger partial charge in [0.2, 0.25) is 0 Å². The van der Waals surface area contributed by atoms with Crippen LogP contribution in [0, 0.1) is 0 Å². The minimum Gasteiger partial charge on any atom is -0.368 e. The summed E-state index contributed by atoms with van der Waals surface area (Å²) in [4.78, 5) is 0. The molecule has 0 amide bonds. The van der Waals surface area contributed by atoms with Crippen molar-refractivity contribution in [2.75, 3.05) is 11.9 Å². The number of benzene rings is 1. The van der Waals surface area contributed by atoms with Crippen molar-refractivity contribution in [1.82, 2.24) is 10.2 Å². The number of hydrogen-bond donors (Lipinski definition) is 1. The molecule has 0 fully saturated rings. The topological polar surface area (TPSA) is 37.8 Å².